The summed E-state index contributed by atoms with van der Waals surface area (Å²) in [5.74, 6) is 1.34. The first kappa shape index (κ1) is 7.74. The molecule has 0 aromatic heterocycles. The second kappa shape index (κ2) is 3.23. The van der Waals surface area contributed by atoms with Gasteiger partial charge in [-0.3, -0.25) is 0 Å². The van der Waals surface area contributed by atoms with E-state index in [9.17, 15) is 0 Å². The highest BCUT2D eigenvalue weighted by atomic mass is 35.5. The van der Waals surface area contributed by atoms with Crippen LogP contribution in [0.2, 0.25) is 5.02 Å². The fraction of sp³-hybridized carbons (Fsp3) is 0.333. The van der Waals surface area contributed by atoms with Gasteiger partial charge >= 0.3 is 0 Å². The van der Waals surface area contributed by atoms with Gasteiger partial charge in [-0.1, -0.05) is 11.6 Å². The summed E-state index contributed by atoms with van der Waals surface area (Å²) in [6.45, 7) is 1.35. The third-order valence-electron chi connectivity index (χ3n) is 1.66. The number of benzene rings is 1. The van der Waals surface area contributed by atoms with Gasteiger partial charge in [0, 0.05) is 6.42 Å². The van der Waals surface area contributed by atoms with E-state index in [2.05, 4.69) is 6.07 Å². The van der Waals surface area contributed by atoms with Crippen molar-refractivity contribution < 1.29 is 9.47 Å². The SMILES string of the molecule is Clc1c[c]cc2c1OCCCO2. The predicted octanol–water partition coefficient (Wildman–Crippen LogP) is 2.30. The van der Waals surface area contributed by atoms with Crippen molar-refractivity contribution in [3.8, 4) is 11.5 Å². The fourth-order valence-corrected chi connectivity index (χ4v) is 1.31. The fourth-order valence-electron chi connectivity index (χ4n) is 1.10. The van der Waals surface area contributed by atoms with Gasteiger partial charge < -0.3 is 9.47 Å². The quantitative estimate of drug-likeness (QED) is 0.615. The van der Waals surface area contributed by atoms with E-state index in [1.165, 1.54) is 0 Å². The molecule has 1 heterocycles. The number of halogens is 1. The maximum atomic E-state index is 5.88. The molecule has 0 saturated heterocycles. The summed E-state index contributed by atoms with van der Waals surface area (Å²) in [5, 5.41) is 0.564. The second-order valence-electron chi connectivity index (χ2n) is 2.55. The largest absolute Gasteiger partial charge is 0.489 e. The number of hydrogen-bond acceptors (Lipinski definition) is 2. The van der Waals surface area contributed by atoms with Crippen molar-refractivity contribution in [3.05, 3.63) is 23.2 Å². The van der Waals surface area contributed by atoms with Gasteiger partial charge in [0.05, 0.1) is 18.2 Å². The van der Waals surface area contributed by atoms with Gasteiger partial charge in [-0.25, -0.2) is 0 Å². The molecule has 2 rings (SSSR count). The molecule has 0 bridgehead atoms. The van der Waals surface area contributed by atoms with E-state index in [4.69, 9.17) is 21.1 Å². The lowest BCUT2D eigenvalue weighted by atomic mass is 10.3. The van der Waals surface area contributed by atoms with Crippen LogP contribution in [-0.4, -0.2) is 13.2 Å². The van der Waals surface area contributed by atoms with Gasteiger partial charge in [-0.15, -0.1) is 0 Å². The summed E-state index contributed by atoms with van der Waals surface area (Å²) in [7, 11) is 0. The van der Waals surface area contributed by atoms with Crippen molar-refractivity contribution in [2.45, 2.75) is 6.42 Å². The molecular formula is C9H8ClO2. The van der Waals surface area contributed by atoms with Gasteiger partial charge in [0.25, 0.3) is 0 Å². The average molecular weight is 184 g/mol. The van der Waals surface area contributed by atoms with Crippen molar-refractivity contribution >= 4 is 11.6 Å². The highest BCUT2D eigenvalue weighted by Gasteiger charge is 2.12. The smallest absolute Gasteiger partial charge is 0.179 e. The van der Waals surface area contributed by atoms with Crippen LogP contribution in [0, 0.1) is 6.07 Å². The van der Waals surface area contributed by atoms with E-state index in [-0.39, 0.29) is 0 Å². The molecule has 3 heteroatoms. The van der Waals surface area contributed by atoms with Crippen molar-refractivity contribution in [1.29, 1.82) is 0 Å². The first-order valence-electron chi connectivity index (χ1n) is 3.83. The molecule has 1 aliphatic heterocycles. The number of rotatable bonds is 0. The zero-order chi connectivity index (χ0) is 8.39. The van der Waals surface area contributed by atoms with Gasteiger partial charge in [0.2, 0.25) is 0 Å². The van der Waals surface area contributed by atoms with Crippen molar-refractivity contribution in [2.24, 2.45) is 0 Å². The Bertz CT molecular complexity index is 286. The monoisotopic (exact) mass is 183 g/mol. The molecule has 0 aliphatic carbocycles. The molecule has 0 spiro atoms. The lowest BCUT2D eigenvalue weighted by Gasteiger charge is -2.06. The van der Waals surface area contributed by atoms with Gasteiger partial charge in [0.15, 0.2) is 11.5 Å². The van der Waals surface area contributed by atoms with Crippen LogP contribution in [0.5, 0.6) is 11.5 Å². The molecule has 1 aliphatic rings. The molecule has 0 N–H and O–H groups in total. The topological polar surface area (TPSA) is 18.5 Å². The molecule has 0 unspecified atom stereocenters. The van der Waals surface area contributed by atoms with Gasteiger partial charge in [-0.2, -0.15) is 0 Å². The minimum Gasteiger partial charge on any atom is -0.489 e. The Morgan fingerprint density at radius 1 is 1.25 bits per heavy atom. The molecule has 1 aromatic carbocycles. The second-order valence-corrected chi connectivity index (χ2v) is 2.95. The van der Waals surface area contributed by atoms with Crippen LogP contribution < -0.4 is 9.47 Å². The van der Waals surface area contributed by atoms with Crippen LogP contribution in [0.3, 0.4) is 0 Å². The Balaban J connectivity index is 2.42. The normalized spacial score (nSPS) is 15.4. The maximum Gasteiger partial charge on any atom is 0.179 e. The zero-order valence-corrected chi connectivity index (χ0v) is 7.23. The Kier molecular flexibility index (Phi) is 2.09. The van der Waals surface area contributed by atoms with Gasteiger partial charge in [-0.05, 0) is 18.2 Å². The summed E-state index contributed by atoms with van der Waals surface area (Å²) >= 11 is 5.88. The van der Waals surface area contributed by atoms with Crippen LogP contribution >= 0.6 is 11.6 Å². The van der Waals surface area contributed by atoms with E-state index in [1.807, 2.05) is 0 Å². The summed E-state index contributed by atoms with van der Waals surface area (Å²) in [5.41, 5.74) is 0. The average Bonchev–Trinajstić information content (AvgIpc) is 2.30. The first-order valence-corrected chi connectivity index (χ1v) is 4.21. The van der Waals surface area contributed by atoms with Crippen molar-refractivity contribution in [1.82, 2.24) is 0 Å². The first-order chi connectivity index (χ1) is 5.88. The third-order valence-corrected chi connectivity index (χ3v) is 1.94. The highest BCUT2D eigenvalue weighted by molar-refractivity contribution is 6.32. The molecule has 0 fully saturated rings. The molecule has 12 heavy (non-hydrogen) atoms. The van der Waals surface area contributed by atoms with Crippen LogP contribution in [0.25, 0.3) is 0 Å². The van der Waals surface area contributed by atoms with Crippen LogP contribution in [0.1, 0.15) is 6.42 Å². The van der Waals surface area contributed by atoms with E-state index >= 15 is 0 Å². The van der Waals surface area contributed by atoms with E-state index < -0.39 is 0 Å². The van der Waals surface area contributed by atoms with Crippen molar-refractivity contribution in [3.63, 3.8) is 0 Å². The van der Waals surface area contributed by atoms with Crippen LogP contribution in [0.4, 0.5) is 0 Å². The summed E-state index contributed by atoms with van der Waals surface area (Å²) in [4.78, 5) is 0. The lowest BCUT2D eigenvalue weighted by Crippen LogP contribution is -1.97. The number of hydrogen-bond donors (Lipinski definition) is 0. The number of fused-ring (bicyclic) bond motifs is 1. The van der Waals surface area contributed by atoms with Crippen LogP contribution in [0.15, 0.2) is 12.1 Å². The number of ether oxygens (including phenoxy) is 2. The highest BCUT2D eigenvalue weighted by Crippen LogP contribution is 2.35. The van der Waals surface area contributed by atoms with E-state index in [0.717, 1.165) is 6.42 Å². The Hall–Kier alpha value is -0.890. The Morgan fingerprint density at radius 3 is 3.00 bits per heavy atom. The Morgan fingerprint density at radius 2 is 2.08 bits per heavy atom. The summed E-state index contributed by atoms with van der Waals surface area (Å²) in [6, 6.07) is 6.30. The maximum absolute atomic E-state index is 5.88. The van der Waals surface area contributed by atoms with Gasteiger partial charge in [0.1, 0.15) is 0 Å². The third kappa shape index (κ3) is 1.34. The summed E-state index contributed by atoms with van der Waals surface area (Å²) in [6.07, 6.45) is 0.894. The van der Waals surface area contributed by atoms with E-state index in [1.54, 1.807) is 12.1 Å². The minimum atomic E-state index is 0.564. The van der Waals surface area contributed by atoms with Crippen LogP contribution in [-0.2, 0) is 0 Å². The zero-order valence-electron chi connectivity index (χ0n) is 6.47. The molecule has 2 nitrogen and oxygen atoms in total. The van der Waals surface area contributed by atoms with Crippen molar-refractivity contribution in [2.75, 3.05) is 13.2 Å². The molecule has 0 saturated carbocycles. The standard InChI is InChI=1S/C9H8ClO2/c10-7-3-1-4-8-9(7)12-6-2-5-11-8/h3-4H,2,5-6H2. The molecule has 1 radical (unpaired) electrons. The molecular weight excluding hydrogens is 176 g/mol. The lowest BCUT2D eigenvalue weighted by molar-refractivity contribution is 0.297. The molecule has 0 atom stereocenters. The minimum absolute atomic E-state index is 0.564. The molecule has 63 valence electrons. The molecule has 0 amide bonds. The predicted molar refractivity (Wildman–Crippen MR) is 45.9 cm³/mol. The molecule has 1 aromatic rings. The Labute approximate surface area is 76.1 Å². The summed E-state index contributed by atoms with van der Waals surface area (Å²) < 4.78 is 10.8. The van der Waals surface area contributed by atoms with E-state index in [0.29, 0.717) is 29.7 Å².